The van der Waals surface area contributed by atoms with E-state index in [2.05, 4.69) is 0 Å². The highest BCUT2D eigenvalue weighted by molar-refractivity contribution is 5.86. The van der Waals surface area contributed by atoms with Gasteiger partial charge in [0, 0.05) is 12.8 Å². The minimum Gasteiger partial charge on any atom is -0.299 e. The van der Waals surface area contributed by atoms with Crippen molar-refractivity contribution in [3.8, 4) is 0 Å². The zero-order valence-corrected chi connectivity index (χ0v) is 7.79. The molecule has 2 rings (SSSR count). The number of carbonyl (C=O) groups is 1. The number of benzene rings is 1. The molecule has 0 spiro atoms. The summed E-state index contributed by atoms with van der Waals surface area (Å²) in [7, 11) is 0. The quantitative estimate of drug-likeness (QED) is 0.665. The maximum atomic E-state index is 12.9. The number of rotatable bonds is 1. The Balaban J connectivity index is 2.27. The second-order valence-electron chi connectivity index (χ2n) is 3.48. The van der Waals surface area contributed by atoms with E-state index in [0.29, 0.717) is 12.8 Å². The van der Waals surface area contributed by atoms with Crippen molar-refractivity contribution in [3.05, 3.63) is 41.7 Å². The molecule has 1 aromatic rings. The van der Waals surface area contributed by atoms with Gasteiger partial charge in [-0.25, -0.2) is 4.39 Å². The van der Waals surface area contributed by atoms with Crippen LogP contribution in [0.4, 0.5) is 4.39 Å². The van der Waals surface area contributed by atoms with Crippen LogP contribution in [0.25, 0.3) is 5.57 Å². The summed E-state index contributed by atoms with van der Waals surface area (Å²) in [6.45, 7) is 0. The monoisotopic (exact) mass is 190 g/mol. The van der Waals surface area contributed by atoms with E-state index in [1.807, 2.05) is 12.1 Å². The third kappa shape index (κ3) is 1.90. The first-order chi connectivity index (χ1) is 6.75. The van der Waals surface area contributed by atoms with E-state index in [0.717, 1.165) is 17.6 Å². The van der Waals surface area contributed by atoms with Crippen molar-refractivity contribution in [3.63, 3.8) is 0 Å². The van der Waals surface area contributed by atoms with Crippen LogP contribution in [-0.4, -0.2) is 5.78 Å². The predicted octanol–water partition coefficient (Wildman–Crippen LogP) is 2.96. The average molecular weight is 190 g/mol. The summed E-state index contributed by atoms with van der Waals surface area (Å²) in [4.78, 5) is 11.0. The van der Waals surface area contributed by atoms with Crippen LogP contribution in [0, 0.1) is 5.82 Å². The zero-order valence-electron chi connectivity index (χ0n) is 7.79. The van der Waals surface area contributed by atoms with Crippen molar-refractivity contribution >= 4 is 11.4 Å². The van der Waals surface area contributed by atoms with Gasteiger partial charge in [-0.2, -0.15) is 0 Å². The third-order valence-corrected chi connectivity index (χ3v) is 2.44. The summed E-state index contributed by atoms with van der Waals surface area (Å²) in [6, 6.07) is 6.52. The Kier molecular flexibility index (Phi) is 2.44. The van der Waals surface area contributed by atoms with Crippen LogP contribution in [0.15, 0.2) is 30.3 Å². The van der Waals surface area contributed by atoms with Gasteiger partial charge < -0.3 is 0 Å². The Bertz CT molecular complexity index is 393. The van der Waals surface area contributed by atoms with Crippen LogP contribution in [0.3, 0.4) is 0 Å². The number of hydrogen-bond acceptors (Lipinski definition) is 1. The number of ketones is 1. The zero-order chi connectivity index (χ0) is 9.97. The van der Waals surface area contributed by atoms with Crippen LogP contribution >= 0.6 is 0 Å². The Morgan fingerprint density at radius 2 is 2.07 bits per heavy atom. The van der Waals surface area contributed by atoms with Gasteiger partial charge in [0.2, 0.25) is 0 Å². The highest BCUT2D eigenvalue weighted by Gasteiger charge is 2.11. The Morgan fingerprint density at radius 3 is 2.71 bits per heavy atom. The first-order valence-electron chi connectivity index (χ1n) is 4.72. The molecule has 0 saturated carbocycles. The van der Waals surface area contributed by atoms with Crippen LogP contribution in [0.5, 0.6) is 0 Å². The summed E-state index contributed by atoms with van der Waals surface area (Å²) >= 11 is 0. The van der Waals surface area contributed by atoms with Gasteiger partial charge in [-0.1, -0.05) is 18.2 Å². The van der Waals surface area contributed by atoms with E-state index in [9.17, 15) is 9.18 Å². The molecule has 72 valence electrons. The lowest BCUT2D eigenvalue weighted by molar-refractivity contribution is -0.118. The van der Waals surface area contributed by atoms with Crippen LogP contribution in [0.1, 0.15) is 24.8 Å². The Hall–Kier alpha value is -1.44. The molecule has 1 nitrogen and oxygen atoms in total. The molecule has 0 unspecified atom stereocenters. The Morgan fingerprint density at radius 1 is 1.21 bits per heavy atom. The minimum absolute atomic E-state index is 0.222. The SMILES string of the molecule is O=C1CC=C(c2cccc(F)c2)CC1. The van der Waals surface area contributed by atoms with Crippen molar-refractivity contribution in [2.24, 2.45) is 0 Å². The second-order valence-corrected chi connectivity index (χ2v) is 3.48. The van der Waals surface area contributed by atoms with E-state index in [1.54, 1.807) is 6.07 Å². The summed E-state index contributed by atoms with van der Waals surface area (Å²) < 4.78 is 12.9. The molecule has 0 atom stereocenters. The number of Topliss-reactive ketones (excluding diaryl/α,β-unsaturated/α-hetero) is 1. The molecule has 0 aliphatic heterocycles. The summed E-state index contributed by atoms with van der Waals surface area (Å²) in [5.74, 6) is 0.0467. The fourth-order valence-corrected chi connectivity index (χ4v) is 1.67. The van der Waals surface area contributed by atoms with Crippen LogP contribution in [-0.2, 0) is 4.79 Å². The standard InChI is InChI=1S/C12H11FO/c13-11-3-1-2-10(8-11)9-4-6-12(14)7-5-9/h1-4,8H,5-7H2. The molecule has 0 N–H and O–H groups in total. The average Bonchev–Trinajstić information content (AvgIpc) is 2.19. The molecular formula is C12H11FO. The molecular weight excluding hydrogens is 179 g/mol. The van der Waals surface area contributed by atoms with Crippen LogP contribution in [0.2, 0.25) is 0 Å². The molecule has 1 aliphatic rings. The lowest BCUT2D eigenvalue weighted by Crippen LogP contribution is -2.02. The van der Waals surface area contributed by atoms with Gasteiger partial charge in [0.1, 0.15) is 11.6 Å². The van der Waals surface area contributed by atoms with Gasteiger partial charge in [-0.3, -0.25) is 4.79 Å². The molecule has 2 heteroatoms. The molecule has 0 aromatic heterocycles. The van der Waals surface area contributed by atoms with Gasteiger partial charge in [-0.05, 0) is 29.7 Å². The minimum atomic E-state index is -0.222. The largest absolute Gasteiger partial charge is 0.299 e. The first kappa shape index (κ1) is 9.13. The van der Waals surface area contributed by atoms with Crippen molar-refractivity contribution < 1.29 is 9.18 Å². The number of carbonyl (C=O) groups excluding carboxylic acids is 1. The van der Waals surface area contributed by atoms with Crippen molar-refractivity contribution in [1.29, 1.82) is 0 Å². The number of hydrogen-bond donors (Lipinski definition) is 0. The topological polar surface area (TPSA) is 17.1 Å². The van der Waals surface area contributed by atoms with E-state index >= 15 is 0 Å². The highest BCUT2D eigenvalue weighted by atomic mass is 19.1. The second kappa shape index (κ2) is 3.74. The molecule has 1 aromatic carbocycles. The van der Waals surface area contributed by atoms with E-state index in [-0.39, 0.29) is 11.6 Å². The van der Waals surface area contributed by atoms with Crippen LogP contribution < -0.4 is 0 Å². The van der Waals surface area contributed by atoms with Crippen molar-refractivity contribution in [2.45, 2.75) is 19.3 Å². The van der Waals surface area contributed by atoms with Gasteiger partial charge >= 0.3 is 0 Å². The molecule has 0 saturated heterocycles. The van der Waals surface area contributed by atoms with Crippen molar-refractivity contribution in [1.82, 2.24) is 0 Å². The lowest BCUT2D eigenvalue weighted by Gasteiger charge is -2.11. The lowest BCUT2D eigenvalue weighted by atomic mass is 9.93. The predicted molar refractivity (Wildman–Crippen MR) is 53.2 cm³/mol. The number of allylic oxidation sites excluding steroid dienone is 2. The van der Waals surface area contributed by atoms with Crippen molar-refractivity contribution in [2.75, 3.05) is 0 Å². The van der Waals surface area contributed by atoms with Gasteiger partial charge in [-0.15, -0.1) is 0 Å². The molecule has 0 radical (unpaired) electrons. The maximum absolute atomic E-state index is 12.9. The van der Waals surface area contributed by atoms with Gasteiger partial charge in [0.05, 0.1) is 0 Å². The molecule has 1 aliphatic carbocycles. The fraction of sp³-hybridized carbons (Fsp3) is 0.250. The normalized spacial score (nSPS) is 16.6. The van der Waals surface area contributed by atoms with Gasteiger partial charge in [0.25, 0.3) is 0 Å². The molecule has 0 bridgehead atoms. The molecule has 14 heavy (non-hydrogen) atoms. The summed E-state index contributed by atoms with van der Waals surface area (Å²) in [6.07, 6.45) is 3.72. The maximum Gasteiger partial charge on any atom is 0.137 e. The molecule has 0 amide bonds. The van der Waals surface area contributed by atoms with Gasteiger partial charge in [0.15, 0.2) is 0 Å². The van der Waals surface area contributed by atoms with E-state index < -0.39 is 0 Å². The van der Waals surface area contributed by atoms with E-state index in [4.69, 9.17) is 0 Å². The summed E-state index contributed by atoms with van der Waals surface area (Å²) in [5, 5.41) is 0. The Labute approximate surface area is 82.3 Å². The third-order valence-electron chi connectivity index (χ3n) is 2.44. The summed E-state index contributed by atoms with van der Waals surface area (Å²) in [5.41, 5.74) is 1.99. The fourth-order valence-electron chi connectivity index (χ4n) is 1.67. The molecule has 0 heterocycles. The smallest absolute Gasteiger partial charge is 0.137 e. The molecule has 0 fully saturated rings. The first-order valence-corrected chi connectivity index (χ1v) is 4.72. The van der Waals surface area contributed by atoms with E-state index in [1.165, 1.54) is 12.1 Å². The number of halogens is 1. The highest BCUT2D eigenvalue weighted by Crippen LogP contribution is 2.25.